The molecule has 2 aliphatic rings. The Morgan fingerprint density at radius 3 is 2.68 bits per heavy atom. The van der Waals surface area contributed by atoms with Crippen LogP contribution >= 0.6 is 0 Å². The summed E-state index contributed by atoms with van der Waals surface area (Å²) in [5.41, 5.74) is 1.60. The van der Waals surface area contributed by atoms with E-state index < -0.39 is 5.54 Å². The summed E-state index contributed by atoms with van der Waals surface area (Å²) in [5, 5.41) is 3.85. The van der Waals surface area contributed by atoms with Gasteiger partial charge in [0.2, 0.25) is 5.91 Å². The van der Waals surface area contributed by atoms with Crippen molar-refractivity contribution >= 4 is 22.7 Å². The molecule has 2 amide bonds. The Morgan fingerprint density at radius 1 is 1.16 bits per heavy atom. The minimum absolute atomic E-state index is 0.0221. The standard InChI is InChI=1S/C24H24FN3O3/c1-31-18-6-3-15(4-7-18)22-24(11-9-21(29)27-24)10-2-12-28(22)23(30)20-14-16-13-17(25)5-8-19(16)26-20/h3-8,13-14,22,26H,2,9-12H2,1H3,(H,27,29)/t22-,24+/m1/s1. The maximum absolute atomic E-state index is 13.6. The quantitative estimate of drug-likeness (QED) is 0.673. The summed E-state index contributed by atoms with van der Waals surface area (Å²) in [4.78, 5) is 30.8. The second-order valence-corrected chi connectivity index (χ2v) is 8.40. The molecule has 2 atom stereocenters. The van der Waals surface area contributed by atoms with Gasteiger partial charge in [-0.25, -0.2) is 4.39 Å². The van der Waals surface area contributed by atoms with E-state index in [-0.39, 0.29) is 23.7 Å². The van der Waals surface area contributed by atoms with Crippen molar-refractivity contribution in [3.05, 3.63) is 65.6 Å². The van der Waals surface area contributed by atoms with E-state index in [4.69, 9.17) is 4.74 Å². The first kappa shape index (κ1) is 19.6. The lowest BCUT2D eigenvalue weighted by Crippen LogP contribution is -2.58. The monoisotopic (exact) mass is 421 g/mol. The van der Waals surface area contributed by atoms with E-state index in [1.807, 2.05) is 29.2 Å². The van der Waals surface area contributed by atoms with E-state index in [1.54, 1.807) is 19.2 Å². The lowest BCUT2D eigenvalue weighted by molar-refractivity contribution is -0.120. The Kier molecular flexibility index (Phi) is 4.68. The fourth-order valence-electron chi connectivity index (χ4n) is 5.14. The van der Waals surface area contributed by atoms with Crippen molar-refractivity contribution in [1.82, 2.24) is 15.2 Å². The Bertz CT molecular complexity index is 1160. The molecule has 1 spiro atoms. The van der Waals surface area contributed by atoms with Gasteiger partial charge < -0.3 is 19.9 Å². The van der Waals surface area contributed by atoms with Crippen LogP contribution in [0.4, 0.5) is 4.39 Å². The van der Waals surface area contributed by atoms with Crippen molar-refractivity contribution in [2.24, 2.45) is 0 Å². The molecule has 160 valence electrons. The maximum atomic E-state index is 13.6. The summed E-state index contributed by atoms with van der Waals surface area (Å²) < 4.78 is 18.9. The number of rotatable bonds is 3. The topological polar surface area (TPSA) is 74.4 Å². The second-order valence-electron chi connectivity index (χ2n) is 8.40. The Hall–Kier alpha value is -3.35. The largest absolute Gasteiger partial charge is 0.497 e. The molecule has 2 fully saturated rings. The third kappa shape index (κ3) is 3.34. The number of fused-ring (bicyclic) bond motifs is 1. The van der Waals surface area contributed by atoms with Gasteiger partial charge in [-0.3, -0.25) is 9.59 Å². The summed E-state index contributed by atoms with van der Waals surface area (Å²) in [6.45, 7) is 0.580. The third-order valence-corrected chi connectivity index (χ3v) is 6.55. The summed E-state index contributed by atoms with van der Waals surface area (Å²) in [6.07, 6.45) is 2.76. The van der Waals surface area contributed by atoms with Crippen molar-refractivity contribution in [3.63, 3.8) is 0 Å². The van der Waals surface area contributed by atoms with Crippen LogP contribution in [0.25, 0.3) is 10.9 Å². The summed E-state index contributed by atoms with van der Waals surface area (Å²) in [6, 6.07) is 13.5. The number of aromatic nitrogens is 1. The first-order valence-corrected chi connectivity index (χ1v) is 10.5. The molecule has 0 bridgehead atoms. The number of nitrogens with zero attached hydrogens (tertiary/aromatic N) is 1. The van der Waals surface area contributed by atoms with E-state index in [0.717, 1.165) is 24.2 Å². The molecular weight excluding hydrogens is 397 g/mol. The summed E-state index contributed by atoms with van der Waals surface area (Å²) in [7, 11) is 1.61. The number of ether oxygens (including phenoxy) is 1. The number of benzene rings is 2. The fourth-order valence-corrected chi connectivity index (χ4v) is 5.14. The van der Waals surface area contributed by atoms with E-state index in [2.05, 4.69) is 10.3 Å². The summed E-state index contributed by atoms with van der Waals surface area (Å²) in [5.74, 6) is 0.262. The molecule has 0 unspecified atom stereocenters. The van der Waals surface area contributed by atoms with Gasteiger partial charge in [0.05, 0.1) is 18.7 Å². The zero-order valence-electron chi connectivity index (χ0n) is 17.3. The Morgan fingerprint density at radius 2 is 1.97 bits per heavy atom. The predicted octanol–water partition coefficient (Wildman–Crippen LogP) is 3.94. The number of hydrogen-bond donors (Lipinski definition) is 2. The highest BCUT2D eigenvalue weighted by Crippen LogP contribution is 2.45. The second kappa shape index (κ2) is 7.41. The van der Waals surface area contributed by atoms with Crippen LogP contribution in [0.3, 0.4) is 0 Å². The van der Waals surface area contributed by atoms with Gasteiger partial charge in [-0.15, -0.1) is 0 Å². The van der Waals surface area contributed by atoms with Crippen LogP contribution in [0.15, 0.2) is 48.5 Å². The van der Waals surface area contributed by atoms with Gasteiger partial charge in [0.25, 0.3) is 5.91 Å². The Labute approximate surface area is 179 Å². The van der Waals surface area contributed by atoms with Gasteiger partial charge in [0.1, 0.15) is 17.3 Å². The molecule has 2 N–H and O–H groups in total. The number of likely N-dealkylation sites (tertiary alicyclic amines) is 1. The van der Waals surface area contributed by atoms with Gasteiger partial charge >= 0.3 is 0 Å². The first-order valence-electron chi connectivity index (χ1n) is 10.5. The van der Waals surface area contributed by atoms with Crippen molar-refractivity contribution in [2.45, 2.75) is 37.3 Å². The molecule has 31 heavy (non-hydrogen) atoms. The highest BCUT2D eigenvalue weighted by molar-refractivity contribution is 5.98. The minimum Gasteiger partial charge on any atom is -0.497 e. The average molecular weight is 421 g/mol. The van der Waals surface area contributed by atoms with Crippen LogP contribution in [0.2, 0.25) is 0 Å². The van der Waals surface area contributed by atoms with Crippen molar-refractivity contribution < 1.29 is 18.7 Å². The number of amides is 2. The Balaban J connectivity index is 1.56. The van der Waals surface area contributed by atoms with Gasteiger partial charge in [0, 0.05) is 23.9 Å². The molecule has 3 heterocycles. The molecule has 2 aliphatic heterocycles. The molecule has 0 radical (unpaired) electrons. The van der Waals surface area contributed by atoms with E-state index in [0.29, 0.717) is 36.0 Å². The number of halogens is 1. The molecule has 0 saturated carbocycles. The molecule has 3 aromatic rings. The number of H-pyrrole nitrogens is 1. The number of nitrogens with one attached hydrogen (secondary N) is 2. The smallest absolute Gasteiger partial charge is 0.270 e. The van der Waals surface area contributed by atoms with Crippen LogP contribution in [-0.4, -0.2) is 40.9 Å². The molecular formula is C24H24FN3O3. The summed E-state index contributed by atoms with van der Waals surface area (Å²) >= 11 is 0. The molecule has 2 saturated heterocycles. The van der Waals surface area contributed by atoms with Crippen LogP contribution in [0, 0.1) is 5.82 Å². The van der Waals surface area contributed by atoms with Crippen LogP contribution in [0.5, 0.6) is 5.75 Å². The van der Waals surface area contributed by atoms with E-state index in [9.17, 15) is 14.0 Å². The third-order valence-electron chi connectivity index (χ3n) is 6.55. The first-order chi connectivity index (χ1) is 15.0. The molecule has 6 nitrogen and oxygen atoms in total. The number of carbonyl (C=O) groups is 2. The number of carbonyl (C=O) groups excluding carboxylic acids is 2. The van der Waals surface area contributed by atoms with Gasteiger partial charge in [0.15, 0.2) is 0 Å². The van der Waals surface area contributed by atoms with Gasteiger partial charge in [-0.1, -0.05) is 12.1 Å². The fraction of sp³-hybridized carbons (Fsp3) is 0.333. The van der Waals surface area contributed by atoms with E-state index >= 15 is 0 Å². The molecule has 2 aromatic carbocycles. The zero-order valence-corrected chi connectivity index (χ0v) is 17.3. The molecule has 7 heteroatoms. The van der Waals surface area contributed by atoms with Crippen LogP contribution in [0.1, 0.15) is 47.8 Å². The number of methoxy groups -OCH3 is 1. The average Bonchev–Trinajstić information content (AvgIpc) is 3.36. The van der Waals surface area contributed by atoms with Crippen LogP contribution < -0.4 is 10.1 Å². The van der Waals surface area contributed by atoms with Crippen molar-refractivity contribution in [2.75, 3.05) is 13.7 Å². The number of aromatic amines is 1. The highest BCUT2D eigenvalue weighted by Gasteiger charge is 2.51. The molecule has 1 aromatic heterocycles. The molecule has 0 aliphatic carbocycles. The lowest BCUT2D eigenvalue weighted by Gasteiger charge is -2.48. The molecule has 5 rings (SSSR count). The van der Waals surface area contributed by atoms with Crippen molar-refractivity contribution in [3.8, 4) is 5.75 Å². The minimum atomic E-state index is -0.488. The maximum Gasteiger partial charge on any atom is 0.270 e. The van der Waals surface area contributed by atoms with Gasteiger partial charge in [-0.2, -0.15) is 0 Å². The lowest BCUT2D eigenvalue weighted by atomic mass is 9.76. The van der Waals surface area contributed by atoms with E-state index in [1.165, 1.54) is 12.1 Å². The predicted molar refractivity (Wildman–Crippen MR) is 114 cm³/mol. The van der Waals surface area contributed by atoms with Crippen LogP contribution in [-0.2, 0) is 4.79 Å². The number of piperidine rings is 1. The SMILES string of the molecule is COc1ccc([C@H]2N(C(=O)c3cc4cc(F)ccc4[nH]3)CCC[C@]23CCC(=O)N3)cc1. The van der Waals surface area contributed by atoms with Gasteiger partial charge in [-0.05, 0) is 61.2 Å². The zero-order chi connectivity index (χ0) is 21.6. The highest BCUT2D eigenvalue weighted by atomic mass is 19.1. The normalized spacial score (nSPS) is 23.4. The number of hydrogen-bond acceptors (Lipinski definition) is 3. The van der Waals surface area contributed by atoms with Crippen molar-refractivity contribution in [1.29, 1.82) is 0 Å².